The van der Waals surface area contributed by atoms with Crippen LogP contribution >= 0.6 is 12.6 Å². The molecule has 1 saturated heterocycles. The van der Waals surface area contributed by atoms with Crippen molar-refractivity contribution in [2.24, 2.45) is 5.73 Å². The van der Waals surface area contributed by atoms with Crippen LogP contribution in [0.15, 0.2) is 0 Å². The number of carbonyl (C=O) groups excluding carboxylic acids is 2. The zero-order chi connectivity index (χ0) is 17.2. The summed E-state index contributed by atoms with van der Waals surface area (Å²) in [6.45, 7) is 1.28. The van der Waals surface area contributed by atoms with Gasteiger partial charge in [0.15, 0.2) is 0 Å². The van der Waals surface area contributed by atoms with Crippen LogP contribution in [-0.4, -0.2) is 59.9 Å². The van der Waals surface area contributed by atoms with Crippen LogP contribution < -0.4 is 21.7 Å². The second-order valence-electron chi connectivity index (χ2n) is 5.58. The van der Waals surface area contributed by atoms with Gasteiger partial charge in [-0.3, -0.25) is 9.59 Å². The lowest BCUT2D eigenvalue weighted by Crippen LogP contribution is -2.54. The van der Waals surface area contributed by atoms with Crippen molar-refractivity contribution in [1.82, 2.24) is 16.0 Å². The minimum Gasteiger partial charge on any atom is -0.480 e. The quantitative estimate of drug-likeness (QED) is 0.219. The Bertz CT molecular complexity index is 416. The van der Waals surface area contributed by atoms with E-state index >= 15 is 0 Å². The number of unbranched alkanes of at least 4 members (excludes halogenated alkanes) is 1. The van der Waals surface area contributed by atoms with E-state index in [1.807, 2.05) is 0 Å². The maximum absolute atomic E-state index is 12.3. The molecule has 2 amide bonds. The molecule has 0 aromatic rings. The third-order valence-electron chi connectivity index (χ3n) is 3.75. The van der Waals surface area contributed by atoms with Gasteiger partial charge in [-0.25, -0.2) is 4.79 Å². The lowest BCUT2D eigenvalue weighted by atomic mass is 10.1. The van der Waals surface area contributed by atoms with Crippen molar-refractivity contribution in [1.29, 1.82) is 0 Å². The largest absolute Gasteiger partial charge is 0.480 e. The Morgan fingerprint density at radius 2 is 2.00 bits per heavy atom. The number of amides is 2. The summed E-state index contributed by atoms with van der Waals surface area (Å²) in [5, 5.41) is 17.2. The van der Waals surface area contributed by atoms with Gasteiger partial charge >= 0.3 is 5.97 Å². The van der Waals surface area contributed by atoms with E-state index in [2.05, 4.69) is 28.6 Å². The SMILES string of the molecule is NCCCCC(NC(=O)C1CCCN1)C(=O)NC(CS)C(=O)O. The van der Waals surface area contributed by atoms with Gasteiger partial charge in [0, 0.05) is 5.75 Å². The molecule has 132 valence electrons. The molecule has 0 bridgehead atoms. The number of aliphatic carboxylic acids is 1. The maximum Gasteiger partial charge on any atom is 0.327 e. The smallest absolute Gasteiger partial charge is 0.327 e. The van der Waals surface area contributed by atoms with Crippen LogP contribution in [0.1, 0.15) is 32.1 Å². The molecule has 3 atom stereocenters. The van der Waals surface area contributed by atoms with Gasteiger partial charge in [0.2, 0.25) is 11.8 Å². The zero-order valence-electron chi connectivity index (χ0n) is 13.1. The van der Waals surface area contributed by atoms with E-state index in [1.165, 1.54) is 0 Å². The second kappa shape index (κ2) is 10.5. The topological polar surface area (TPSA) is 134 Å². The number of rotatable bonds is 10. The molecule has 1 rings (SSSR count). The molecular formula is C14H26N4O4S. The number of carboxylic acid groups (broad SMARTS) is 1. The molecule has 0 aromatic carbocycles. The molecule has 0 radical (unpaired) electrons. The first-order valence-corrected chi connectivity index (χ1v) is 8.50. The third-order valence-corrected chi connectivity index (χ3v) is 4.12. The summed E-state index contributed by atoms with van der Waals surface area (Å²) in [6, 6.07) is -2.14. The van der Waals surface area contributed by atoms with Gasteiger partial charge in [-0.05, 0) is 45.2 Å². The average Bonchev–Trinajstić information content (AvgIpc) is 3.05. The number of nitrogens with two attached hydrogens (primary N) is 1. The molecule has 0 aliphatic carbocycles. The van der Waals surface area contributed by atoms with E-state index in [-0.39, 0.29) is 17.7 Å². The third kappa shape index (κ3) is 6.76. The molecule has 6 N–H and O–H groups in total. The molecule has 3 unspecified atom stereocenters. The molecule has 8 nitrogen and oxygen atoms in total. The van der Waals surface area contributed by atoms with Crippen LogP contribution in [0.5, 0.6) is 0 Å². The Labute approximate surface area is 141 Å². The summed E-state index contributed by atoms with van der Waals surface area (Å²) in [4.78, 5) is 35.5. The van der Waals surface area contributed by atoms with E-state index < -0.39 is 24.0 Å². The Balaban J connectivity index is 2.63. The van der Waals surface area contributed by atoms with Crippen LogP contribution in [-0.2, 0) is 14.4 Å². The highest BCUT2D eigenvalue weighted by Gasteiger charge is 2.29. The number of hydrogen-bond acceptors (Lipinski definition) is 6. The van der Waals surface area contributed by atoms with Crippen LogP contribution in [0.3, 0.4) is 0 Å². The standard InChI is InChI=1S/C14H26N4O4S/c15-6-2-1-4-10(13(20)18-11(8-23)14(21)22)17-12(19)9-5-3-7-16-9/h9-11,16,23H,1-8,15H2,(H,17,19)(H,18,20)(H,21,22). The molecule has 1 aliphatic rings. The van der Waals surface area contributed by atoms with Crippen molar-refractivity contribution in [3.8, 4) is 0 Å². The van der Waals surface area contributed by atoms with Crippen molar-refractivity contribution in [2.75, 3.05) is 18.8 Å². The molecule has 0 spiro atoms. The van der Waals surface area contributed by atoms with Gasteiger partial charge in [-0.15, -0.1) is 0 Å². The van der Waals surface area contributed by atoms with Gasteiger partial charge < -0.3 is 26.8 Å². The van der Waals surface area contributed by atoms with Crippen LogP contribution in [0, 0.1) is 0 Å². The van der Waals surface area contributed by atoms with Gasteiger partial charge in [0.1, 0.15) is 12.1 Å². The molecule has 1 aliphatic heterocycles. The van der Waals surface area contributed by atoms with Gasteiger partial charge in [-0.1, -0.05) is 0 Å². The number of hydrogen-bond donors (Lipinski definition) is 6. The van der Waals surface area contributed by atoms with E-state index in [1.54, 1.807) is 0 Å². The predicted molar refractivity (Wildman–Crippen MR) is 89.3 cm³/mol. The van der Waals surface area contributed by atoms with E-state index in [0.29, 0.717) is 19.4 Å². The first kappa shape index (κ1) is 19.7. The molecule has 0 saturated carbocycles. The van der Waals surface area contributed by atoms with E-state index in [9.17, 15) is 14.4 Å². The second-order valence-corrected chi connectivity index (χ2v) is 5.94. The fourth-order valence-electron chi connectivity index (χ4n) is 2.40. The zero-order valence-corrected chi connectivity index (χ0v) is 14.0. The molecule has 1 fully saturated rings. The van der Waals surface area contributed by atoms with Crippen molar-refractivity contribution in [3.63, 3.8) is 0 Å². The average molecular weight is 346 g/mol. The predicted octanol–water partition coefficient (Wildman–Crippen LogP) is -1.15. The van der Waals surface area contributed by atoms with Crippen molar-refractivity contribution in [2.45, 2.75) is 50.2 Å². The minimum absolute atomic E-state index is 0.0191. The first-order chi connectivity index (χ1) is 11.0. The number of nitrogens with one attached hydrogen (secondary N) is 3. The first-order valence-electron chi connectivity index (χ1n) is 7.87. The summed E-state index contributed by atoms with van der Waals surface area (Å²) < 4.78 is 0. The van der Waals surface area contributed by atoms with Crippen LogP contribution in [0.4, 0.5) is 0 Å². The fourth-order valence-corrected chi connectivity index (χ4v) is 2.65. The van der Waals surface area contributed by atoms with Crippen molar-refractivity contribution >= 4 is 30.4 Å². The lowest BCUT2D eigenvalue weighted by Gasteiger charge is -2.22. The van der Waals surface area contributed by atoms with Gasteiger partial charge in [0.05, 0.1) is 6.04 Å². The summed E-state index contributed by atoms with van der Waals surface area (Å²) >= 11 is 3.92. The molecular weight excluding hydrogens is 320 g/mol. The fraction of sp³-hybridized carbons (Fsp3) is 0.786. The van der Waals surface area contributed by atoms with E-state index in [0.717, 1.165) is 25.8 Å². The molecule has 0 aromatic heterocycles. The maximum atomic E-state index is 12.3. The molecule has 9 heteroatoms. The molecule has 23 heavy (non-hydrogen) atoms. The normalized spacial score (nSPS) is 19.8. The van der Waals surface area contributed by atoms with E-state index in [4.69, 9.17) is 10.8 Å². The number of carbonyl (C=O) groups is 3. The Hall–Kier alpha value is -1.32. The summed E-state index contributed by atoms with van der Waals surface area (Å²) in [6.07, 6.45) is 3.47. The molecule has 1 heterocycles. The van der Waals surface area contributed by atoms with Gasteiger partial charge in [-0.2, -0.15) is 12.6 Å². The summed E-state index contributed by atoms with van der Waals surface area (Å²) in [5.41, 5.74) is 5.45. The Kier molecular flexibility index (Phi) is 8.97. The lowest BCUT2D eigenvalue weighted by molar-refractivity contribution is -0.141. The van der Waals surface area contributed by atoms with Crippen LogP contribution in [0.2, 0.25) is 0 Å². The summed E-state index contributed by atoms with van der Waals surface area (Å²) in [5.74, 6) is -1.91. The highest BCUT2D eigenvalue weighted by atomic mass is 32.1. The Morgan fingerprint density at radius 3 is 2.52 bits per heavy atom. The minimum atomic E-state index is -1.15. The van der Waals surface area contributed by atoms with Crippen molar-refractivity contribution < 1.29 is 19.5 Å². The highest BCUT2D eigenvalue weighted by molar-refractivity contribution is 7.80. The van der Waals surface area contributed by atoms with Crippen molar-refractivity contribution in [3.05, 3.63) is 0 Å². The van der Waals surface area contributed by atoms with Gasteiger partial charge in [0.25, 0.3) is 0 Å². The van der Waals surface area contributed by atoms with Crippen LogP contribution in [0.25, 0.3) is 0 Å². The monoisotopic (exact) mass is 346 g/mol. The number of carboxylic acids is 1. The Morgan fingerprint density at radius 1 is 1.26 bits per heavy atom. The number of thiol groups is 1. The summed E-state index contributed by atoms with van der Waals surface area (Å²) in [7, 11) is 0. The highest BCUT2D eigenvalue weighted by Crippen LogP contribution is 2.07.